The Balaban J connectivity index is 2.09. The molecule has 1 atom stereocenters. The molecule has 0 aromatic heterocycles. The fourth-order valence-corrected chi connectivity index (χ4v) is 1.47. The van der Waals surface area contributed by atoms with E-state index in [2.05, 4.69) is 0 Å². The van der Waals surface area contributed by atoms with Gasteiger partial charge in [0.05, 0.1) is 25.9 Å². The van der Waals surface area contributed by atoms with Gasteiger partial charge in [-0.15, -0.1) is 0 Å². The minimum atomic E-state index is -0.316. The summed E-state index contributed by atoms with van der Waals surface area (Å²) in [6.45, 7) is 3.47. The van der Waals surface area contributed by atoms with Crippen LogP contribution in [0, 0.1) is 0 Å². The van der Waals surface area contributed by atoms with Crippen LogP contribution in [0.1, 0.15) is 6.92 Å². The molecule has 1 aromatic carbocycles. The van der Waals surface area contributed by atoms with E-state index in [9.17, 15) is 4.79 Å². The van der Waals surface area contributed by atoms with E-state index in [0.717, 1.165) is 12.3 Å². The SMILES string of the molecule is CCOC(=O)N(CC1CO1)c1ccccc1. The third-order valence-electron chi connectivity index (χ3n) is 2.34. The highest BCUT2D eigenvalue weighted by atomic mass is 16.6. The average molecular weight is 221 g/mol. The van der Waals surface area contributed by atoms with E-state index in [1.165, 1.54) is 0 Å². The van der Waals surface area contributed by atoms with Crippen molar-refractivity contribution in [2.24, 2.45) is 0 Å². The number of carbonyl (C=O) groups excluding carboxylic acids is 1. The molecule has 4 nitrogen and oxygen atoms in total. The molecule has 1 heterocycles. The highest BCUT2D eigenvalue weighted by molar-refractivity contribution is 5.87. The second kappa shape index (κ2) is 4.99. The molecule has 2 rings (SSSR count). The smallest absolute Gasteiger partial charge is 0.414 e. The van der Waals surface area contributed by atoms with Gasteiger partial charge in [-0.25, -0.2) is 4.79 Å². The minimum absolute atomic E-state index is 0.157. The number of hydrogen-bond acceptors (Lipinski definition) is 3. The maximum Gasteiger partial charge on any atom is 0.414 e. The number of amides is 1. The van der Waals surface area contributed by atoms with Crippen LogP contribution in [0.2, 0.25) is 0 Å². The molecule has 1 saturated heterocycles. The summed E-state index contributed by atoms with van der Waals surface area (Å²) in [6.07, 6.45) is -0.159. The van der Waals surface area contributed by atoms with Crippen molar-refractivity contribution in [3.8, 4) is 0 Å². The zero-order valence-corrected chi connectivity index (χ0v) is 9.26. The molecule has 1 aromatic rings. The number of anilines is 1. The number of nitrogens with zero attached hydrogens (tertiary/aromatic N) is 1. The minimum Gasteiger partial charge on any atom is -0.449 e. The molecule has 1 fully saturated rings. The van der Waals surface area contributed by atoms with Gasteiger partial charge in [0.1, 0.15) is 0 Å². The lowest BCUT2D eigenvalue weighted by Crippen LogP contribution is -2.34. The van der Waals surface area contributed by atoms with E-state index < -0.39 is 0 Å². The quantitative estimate of drug-likeness (QED) is 0.731. The standard InChI is InChI=1S/C12H15NO3/c1-2-15-12(14)13(8-11-9-16-11)10-6-4-3-5-7-10/h3-7,11H,2,8-9H2,1H3. The molecule has 0 radical (unpaired) electrons. The molecule has 0 saturated carbocycles. The third-order valence-corrected chi connectivity index (χ3v) is 2.34. The van der Waals surface area contributed by atoms with Gasteiger partial charge in [0.2, 0.25) is 0 Å². The van der Waals surface area contributed by atoms with E-state index in [1.54, 1.807) is 11.8 Å². The van der Waals surface area contributed by atoms with Crippen LogP contribution in [0.4, 0.5) is 10.5 Å². The Morgan fingerprint density at radius 1 is 1.50 bits per heavy atom. The predicted octanol–water partition coefficient (Wildman–Crippen LogP) is 2.05. The summed E-state index contributed by atoms with van der Waals surface area (Å²) < 4.78 is 10.2. The number of carbonyl (C=O) groups is 1. The molecule has 1 aliphatic rings. The third kappa shape index (κ3) is 2.73. The molecule has 4 heteroatoms. The average Bonchev–Trinajstić information content (AvgIpc) is 3.11. The van der Waals surface area contributed by atoms with Gasteiger partial charge in [-0.3, -0.25) is 4.90 Å². The number of rotatable bonds is 4. The van der Waals surface area contributed by atoms with Gasteiger partial charge < -0.3 is 9.47 Å². The van der Waals surface area contributed by atoms with Crippen molar-refractivity contribution in [2.75, 3.05) is 24.7 Å². The molecule has 86 valence electrons. The van der Waals surface area contributed by atoms with Crippen molar-refractivity contribution in [2.45, 2.75) is 13.0 Å². The van der Waals surface area contributed by atoms with Crippen LogP contribution in [0.5, 0.6) is 0 Å². The summed E-state index contributed by atoms with van der Waals surface area (Å²) >= 11 is 0. The highest BCUT2D eigenvalue weighted by Gasteiger charge is 2.29. The normalized spacial score (nSPS) is 17.9. The lowest BCUT2D eigenvalue weighted by molar-refractivity contribution is 0.159. The van der Waals surface area contributed by atoms with Gasteiger partial charge in [-0.05, 0) is 19.1 Å². The van der Waals surface area contributed by atoms with Crippen LogP contribution in [-0.2, 0) is 9.47 Å². The zero-order valence-electron chi connectivity index (χ0n) is 9.26. The summed E-state index contributed by atoms with van der Waals surface area (Å²) in [7, 11) is 0. The first-order valence-electron chi connectivity index (χ1n) is 5.42. The maximum atomic E-state index is 11.8. The molecule has 1 aliphatic heterocycles. The molecular weight excluding hydrogens is 206 g/mol. The van der Waals surface area contributed by atoms with E-state index in [0.29, 0.717) is 13.2 Å². The first-order valence-corrected chi connectivity index (χ1v) is 5.42. The Kier molecular flexibility index (Phi) is 3.41. The summed E-state index contributed by atoms with van der Waals surface area (Å²) in [6, 6.07) is 9.49. The molecule has 0 bridgehead atoms. The van der Waals surface area contributed by atoms with Crippen molar-refractivity contribution in [3.63, 3.8) is 0 Å². The topological polar surface area (TPSA) is 42.1 Å². The van der Waals surface area contributed by atoms with Crippen LogP contribution >= 0.6 is 0 Å². The van der Waals surface area contributed by atoms with Crippen LogP contribution in [-0.4, -0.2) is 32.0 Å². The number of ether oxygens (including phenoxy) is 2. The summed E-state index contributed by atoms with van der Waals surface area (Å²) in [5, 5.41) is 0. The lowest BCUT2D eigenvalue weighted by Gasteiger charge is -2.20. The van der Waals surface area contributed by atoms with Gasteiger partial charge in [-0.1, -0.05) is 18.2 Å². The molecule has 16 heavy (non-hydrogen) atoms. The van der Waals surface area contributed by atoms with Crippen LogP contribution in [0.3, 0.4) is 0 Å². The van der Waals surface area contributed by atoms with Crippen LogP contribution in [0.15, 0.2) is 30.3 Å². The number of hydrogen-bond donors (Lipinski definition) is 0. The van der Waals surface area contributed by atoms with Crippen molar-refractivity contribution in [3.05, 3.63) is 30.3 Å². The summed E-state index contributed by atoms with van der Waals surface area (Å²) in [4.78, 5) is 13.4. The van der Waals surface area contributed by atoms with Crippen molar-refractivity contribution < 1.29 is 14.3 Å². The molecule has 1 amide bonds. The Hall–Kier alpha value is -1.55. The van der Waals surface area contributed by atoms with Crippen LogP contribution < -0.4 is 4.90 Å². The highest BCUT2D eigenvalue weighted by Crippen LogP contribution is 2.19. The number of epoxide rings is 1. The monoisotopic (exact) mass is 221 g/mol. The van der Waals surface area contributed by atoms with Gasteiger partial charge in [0.25, 0.3) is 0 Å². The fourth-order valence-electron chi connectivity index (χ4n) is 1.47. The Morgan fingerprint density at radius 3 is 2.75 bits per heavy atom. The second-order valence-electron chi connectivity index (χ2n) is 3.60. The second-order valence-corrected chi connectivity index (χ2v) is 3.60. The van der Waals surface area contributed by atoms with Gasteiger partial charge >= 0.3 is 6.09 Å². The Labute approximate surface area is 94.8 Å². The first kappa shape index (κ1) is 11.0. The van der Waals surface area contributed by atoms with E-state index >= 15 is 0 Å². The molecule has 0 aliphatic carbocycles. The van der Waals surface area contributed by atoms with Gasteiger partial charge in [0.15, 0.2) is 0 Å². The van der Waals surface area contributed by atoms with E-state index in [4.69, 9.17) is 9.47 Å². The van der Waals surface area contributed by atoms with Crippen LogP contribution in [0.25, 0.3) is 0 Å². The number of benzene rings is 1. The summed E-state index contributed by atoms with van der Waals surface area (Å²) in [5.74, 6) is 0. The summed E-state index contributed by atoms with van der Waals surface area (Å²) in [5.41, 5.74) is 0.844. The van der Waals surface area contributed by atoms with Crippen molar-refractivity contribution in [1.29, 1.82) is 0 Å². The fraction of sp³-hybridized carbons (Fsp3) is 0.417. The van der Waals surface area contributed by atoms with E-state index in [1.807, 2.05) is 30.3 Å². The Bertz CT molecular complexity index is 349. The van der Waals surface area contributed by atoms with Crippen molar-refractivity contribution in [1.82, 2.24) is 0 Å². The molecular formula is C12H15NO3. The molecule has 0 N–H and O–H groups in total. The largest absolute Gasteiger partial charge is 0.449 e. The lowest BCUT2D eigenvalue weighted by atomic mass is 10.3. The molecule has 1 unspecified atom stereocenters. The van der Waals surface area contributed by atoms with Gasteiger partial charge in [0, 0.05) is 5.69 Å². The Morgan fingerprint density at radius 2 is 2.19 bits per heavy atom. The first-order chi connectivity index (χ1) is 7.81. The predicted molar refractivity (Wildman–Crippen MR) is 60.6 cm³/mol. The zero-order chi connectivity index (χ0) is 11.4. The van der Waals surface area contributed by atoms with Gasteiger partial charge in [-0.2, -0.15) is 0 Å². The number of para-hydroxylation sites is 1. The maximum absolute atomic E-state index is 11.8. The molecule has 0 spiro atoms. The van der Waals surface area contributed by atoms with E-state index in [-0.39, 0.29) is 12.2 Å². The van der Waals surface area contributed by atoms with Crippen molar-refractivity contribution >= 4 is 11.8 Å².